The average Bonchev–Trinajstić information content (AvgIpc) is 2.98. The van der Waals surface area contributed by atoms with Crippen LogP contribution in [-0.2, 0) is 0 Å². The number of hydrogen-bond donors (Lipinski definition) is 1. The van der Waals surface area contributed by atoms with Crippen LogP contribution >= 0.6 is 0 Å². The van der Waals surface area contributed by atoms with Crippen LogP contribution < -0.4 is 5.32 Å². The van der Waals surface area contributed by atoms with Crippen LogP contribution in [0.3, 0.4) is 0 Å². The number of para-hydroxylation sites is 1. The summed E-state index contributed by atoms with van der Waals surface area (Å²) in [5, 5.41) is 15.7. The van der Waals surface area contributed by atoms with Crippen LogP contribution in [0.15, 0.2) is 54.7 Å². The van der Waals surface area contributed by atoms with Crippen molar-refractivity contribution in [3.05, 3.63) is 77.5 Å². The second kappa shape index (κ2) is 6.30. The number of nitriles is 1. The Hall–Kier alpha value is -3.53. The molecule has 1 aromatic heterocycles. The molecule has 0 bridgehead atoms. The zero-order valence-corrected chi connectivity index (χ0v) is 12.2. The molecular formula is C17H10F2N4O. The summed E-state index contributed by atoms with van der Waals surface area (Å²) < 4.78 is 28.1. The fourth-order valence-electron chi connectivity index (χ4n) is 2.16. The van der Waals surface area contributed by atoms with Crippen molar-refractivity contribution >= 4 is 11.7 Å². The number of carbonyl (C=O) groups excluding carboxylic acids is 1. The average molecular weight is 324 g/mol. The molecule has 0 saturated heterocycles. The normalized spacial score (nSPS) is 10.2. The zero-order chi connectivity index (χ0) is 17.1. The Morgan fingerprint density at radius 3 is 2.58 bits per heavy atom. The van der Waals surface area contributed by atoms with Crippen LogP contribution in [0.1, 0.15) is 15.9 Å². The zero-order valence-electron chi connectivity index (χ0n) is 12.2. The lowest BCUT2D eigenvalue weighted by atomic mass is 10.2. The smallest absolute Gasteiger partial charge is 0.259 e. The number of amides is 1. The molecule has 1 N–H and O–H groups in total. The monoisotopic (exact) mass is 324 g/mol. The van der Waals surface area contributed by atoms with E-state index in [-0.39, 0.29) is 16.9 Å². The number of halogens is 2. The molecule has 0 fully saturated rings. The first-order chi connectivity index (χ1) is 11.6. The lowest BCUT2D eigenvalue weighted by molar-refractivity contribution is 0.102. The topological polar surface area (TPSA) is 70.7 Å². The second-order valence-corrected chi connectivity index (χ2v) is 4.84. The van der Waals surface area contributed by atoms with E-state index in [2.05, 4.69) is 10.4 Å². The first-order valence-electron chi connectivity index (χ1n) is 6.90. The largest absolute Gasteiger partial charge is 0.305 e. The summed E-state index contributed by atoms with van der Waals surface area (Å²) in [4.78, 5) is 12.3. The van der Waals surface area contributed by atoms with Crippen molar-refractivity contribution in [2.75, 3.05) is 5.32 Å². The summed E-state index contributed by atoms with van der Waals surface area (Å²) in [5.74, 6) is -2.47. The van der Waals surface area contributed by atoms with Gasteiger partial charge in [-0.1, -0.05) is 18.2 Å². The minimum Gasteiger partial charge on any atom is -0.305 e. The molecule has 0 aliphatic carbocycles. The number of benzene rings is 2. The number of nitrogens with one attached hydrogen (secondary N) is 1. The molecule has 118 valence electrons. The Morgan fingerprint density at radius 2 is 1.92 bits per heavy atom. The van der Waals surface area contributed by atoms with Gasteiger partial charge < -0.3 is 5.32 Å². The highest BCUT2D eigenvalue weighted by Crippen LogP contribution is 2.21. The molecule has 0 atom stereocenters. The van der Waals surface area contributed by atoms with Crippen molar-refractivity contribution in [3.8, 4) is 11.8 Å². The molecule has 0 spiro atoms. The molecule has 1 amide bonds. The lowest BCUT2D eigenvalue weighted by Gasteiger charge is -2.10. The molecule has 3 rings (SSSR count). The molecule has 0 aliphatic rings. The van der Waals surface area contributed by atoms with Crippen molar-refractivity contribution < 1.29 is 13.6 Å². The molecular weight excluding hydrogens is 314 g/mol. The molecule has 0 saturated carbocycles. The van der Waals surface area contributed by atoms with Crippen molar-refractivity contribution in [1.29, 1.82) is 5.26 Å². The van der Waals surface area contributed by atoms with Gasteiger partial charge in [-0.25, -0.2) is 13.5 Å². The molecule has 0 aliphatic heterocycles. The van der Waals surface area contributed by atoms with Gasteiger partial charge in [0.1, 0.15) is 23.3 Å². The number of carbonyl (C=O) groups is 1. The van der Waals surface area contributed by atoms with Gasteiger partial charge in [0.05, 0.1) is 17.4 Å². The standard InChI is InChI=1S/C17H10F2N4O/c18-12-6-7-14(15(19)8-12)17(24)22-16-11(9-20)10-21-23(16)13-4-2-1-3-5-13/h1-8,10H,(H,22,24). The third-order valence-corrected chi connectivity index (χ3v) is 3.30. The van der Waals surface area contributed by atoms with Crippen molar-refractivity contribution in [3.63, 3.8) is 0 Å². The predicted octanol–water partition coefficient (Wildman–Crippen LogP) is 3.27. The van der Waals surface area contributed by atoms with Gasteiger partial charge in [0, 0.05) is 6.07 Å². The fraction of sp³-hybridized carbons (Fsp3) is 0. The summed E-state index contributed by atoms with van der Waals surface area (Å²) >= 11 is 0. The number of aromatic nitrogens is 2. The molecule has 5 nitrogen and oxygen atoms in total. The van der Waals surface area contributed by atoms with E-state index in [0.717, 1.165) is 12.1 Å². The Morgan fingerprint density at radius 1 is 1.17 bits per heavy atom. The maximum atomic E-state index is 13.7. The quantitative estimate of drug-likeness (QED) is 0.804. The first kappa shape index (κ1) is 15.4. The number of nitrogens with zero attached hydrogens (tertiary/aromatic N) is 3. The molecule has 7 heteroatoms. The van der Waals surface area contributed by atoms with Gasteiger partial charge in [-0.15, -0.1) is 0 Å². The summed E-state index contributed by atoms with van der Waals surface area (Å²) in [6.07, 6.45) is 1.30. The maximum absolute atomic E-state index is 13.7. The summed E-state index contributed by atoms with van der Waals surface area (Å²) in [7, 11) is 0. The van der Waals surface area contributed by atoms with E-state index in [1.807, 2.05) is 12.1 Å². The van der Waals surface area contributed by atoms with E-state index in [1.165, 1.54) is 10.9 Å². The number of rotatable bonds is 3. The van der Waals surface area contributed by atoms with Crippen molar-refractivity contribution in [1.82, 2.24) is 9.78 Å². The third-order valence-electron chi connectivity index (χ3n) is 3.30. The molecule has 0 unspecified atom stereocenters. The van der Waals surface area contributed by atoms with E-state index in [0.29, 0.717) is 11.8 Å². The first-order valence-corrected chi connectivity index (χ1v) is 6.90. The molecule has 24 heavy (non-hydrogen) atoms. The molecule has 2 aromatic carbocycles. The van der Waals surface area contributed by atoms with Gasteiger partial charge in [-0.3, -0.25) is 4.79 Å². The maximum Gasteiger partial charge on any atom is 0.259 e. The Bertz CT molecular complexity index is 945. The van der Waals surface area contributed by atoms with E-state index in [9.17, 15) is 18.8 Å². The van der Waals surface area contributed by atoms with Gasteiger partial charge in [-0.05, 0) is 24.3 Å². The van der Waals surface area contributed by atoms with Crippen LogP contribution in [-0.4, -0.2) is 15.7 Å². The highest BCUT2D eigenvalue weighted by atomic mass is 19.1. The highest BCUT2D eigenvalue weighted by molar-refractivity contribution is 6.04. The van der Waals surface area contributed by atoms with E-state index >= 15 is 0 Å². The summed E-state index contributed by atoms with van der Waals surface area (Å²) in [6, 6.07) is 13.4. The highest BCUT2D eigenvalue weighted by Gasteiger charge is 2.18. The van der Waals surface area contributed by atoms with Crippen molar-refractivity contribution in [2.45, 2.75) is 0 Å². The predicted molar refractivity (Wildman–Crippen MR) is 82.6 cm³/mol. The lowest BCUT2D eigenvalue weighted by Crippen LogP contribution is -2.17. The summed E-state index contributed by atoms with van der Waals surface area (Å²) in [5.41, 5.74) is 0.407. The van der Waals surface area contributed by atoms with Gasteiger partial charge in [-0.2, -0.15) is 10.4 Å². The van der Waals surface area contributed by atoms with Crippen LogP contribution in [0.2, 0.25) is 0 Å². The molecule has 3 aromatic rings. The Kier molecular flexibility index (Phi) is 4.03. The number of anilines is 1. The summed E-state index contributed by atoms with van der Waals surface area (Å²) in [6.45, 7) is 0. The second-order valence-electron chi connectivity index (χ2n) is 4.84. The van der Waals surface area contributed by atoms with E-state index in [1.54, 1.807) is 24.3 Å². The van der Waals surface area contributed by atoms with Crippen LogP contribution in [0.25, 0.3) is 5.69 Å². The van der Waals surface area contributed by atoms with E-state index in [4.69, 9.17) is 0 Å². The van der Waals surface area contributed by atoms with Crippen molar-refractivity contribution in [2.24, 2.45) is 0 Å². The van der Waals surface area contributed by atoms with Crippen LogP contribution in [0.4, 0.5) is 14.6 Å². The number of hydrogen-bond acceptors (Lipinski definition) is 3. The van der Waals surface area contributed by atoms with Crippen LogP contribution in [0, 0.1) is 23.0 Å². The van der Waals surface area contributed by atoms with Gasteiger partial charge in [0.2, 0.25) is 0 Å². The fourth-order valence-corrected chi connectivity index (χ4v) is 2.16. The van der Waals surface area contributed by atoms with Gasteiger partial charge >= 0.3 is 0 Å². The Balaban J connectivity index is 1.99. The SMILES string of the molecule is N#Cc1cnn(-c2ccccc2)c1NC(=O)c1ccc(F)cc1F. The minimum atomic E-state index is -0.989. The van der Waals surface area contributed by atoms with Crippen LogP contribution in [0.5, 0.6) is 0 Å². The molecule has 1 heterocycles. The third kappa shape index (κ3) is 2.85. The van der Waals surface area contributed by atoms with Gasteiger partial charge in [0.15, 0.2) is 5.82 Å². The van der Waals surface area contributed by atoms with Gasteiger partial charge in [0.25, 0.3) is 5.91 Å². The minimum absolute atomic E-state index is 0.109. The Labute approximate surface area is 135 Å². The van der Waals surface area contributed by atoms with E-state index < -0.39 is 17.5 Å². The molecule has 0 radical (unpaired) electrons.